The molecule has 1 aliphatic heterocycles. The van der Waals surface area contributed by atoms with Gasteiger partial charge in [0.25, 0.3) is 0 Å². The zero-order valence-electron chi connectivity index (χ0n) is 12.8. The number of morpholine rings is 1. The molecule has 2 N–H and O–H groups in total. The van der Waals surface area contributed by atoms with Gasteiger partial charge in [-0.1, -0.05) is 23.2 Å². The maximum atomic E-state index is 6.23. The molecule has 1 saturated heterocycles. The molecule has 23 heavy (non-hydrogen) atoms. The summed E-state index contributed by atoms with van der Waals surface area (Å²) in [5.74, 6) is 1.07. The van der Waals surface area contributed by atoms with Crippen LogP contribution < -0.4 is 10.6 Å². The first kappa shape index (κ1) is 16.2. The van der Waals surface area contributed by atoms with Gasteiger partial charge in [0.15, 0.2) is 5.82 Å². The molecule has 2 aromatic rings. The summed E-state index contributed by atoms with van der Waals surface area (Å²) in [5.41, 5.74) is 6.49. The van der Waals surface area contributed by atoms with Gasteiger partial charge in [-0.15, -0.1) is 0 Å². The highest BCUT2D eigenvalue weighted by molar-refractivity contribution is 6.35. The fourth-order valence-electron chi connectivity index (χ4n) is 2.65. The lowest BCUT2D eigenvalue weighted by atomic mass is 10.2. The number of aromatic nitrogens is 3. The number of hydrogen-bond acceptors (Lipinski definition) is 6. The number of halogens is 2. The summed E-state index contributed by atoms with van der Waals surface area (Å²) in [4.78, 5) is 15.0. The van der Waals surface area contributed by atoms with Gasteiger partial charge in [0.2, 0.25) is 11.9 Å². The average molecular weight is 354 g/mol. The van der Waals surface area contributed by atoms with E-state index in [1.807, 2.05) is 18.7 Å². The Morgan fingerprint density at radius 3 is 2.52 bits per heavy atom. The first-order valence-corrected chi connectivity index (χ1v) is 8.05. The minimum Gasteiger partial charge on any atom is -0.372 e. The number of hydrogen-bond donors (Lipinski definition) is 1. The molecule has 0 amide bonds. The highest BCUT2D eigenvalue weighted by Gasteiger charge is 2.25. The highest BCUT2D eigenvalue weighted by Crippen LogP contribution is 2.29. The van der Waals surface area contributed by atoms with E-state index in [2.05, 4.69) is 15.0 Å². The van der Waals surface area contributed by atoms with Gasteiger partial charge < -0.3 is 15.4 Å². The Morgan fingerprint density at radius 1 is 1.13 bits per heavy atom. The third-order valence-corrected chi connectivity index (χ3v) is 4.08. The predicted octanol–water partition coefficient (Wildman–Crippen LogP) is 3.04. The largest absolute Gasteiger partial charge is 0.372 e. The molecule has 1 aromatic carbocycles. The monoisotopic (exact) mass is 353 g/mol. The zero-order valence-corrected chi connectivity index (χ0v) is 14.3. The second-order valence-electron chi connectivity index (χ2n) is 5.60. The first-order valence-electron chi connectivity index (χ1n) is 7.29. The summed E-state index contributed by atoms with van der Waals surface area (Å²) in [6.07, 6.45) is 0.185. The molecule has 0 spiro atoms. The summed E-state index contributed by atoms with van der Waals surface area (Å²) in [7, 11) is 0. The summed E-state index contributed by atoms with van der Waals surface area (Å²) < 4.78 is 5.74. The first-order chi connectivity index (χ1) is 10.9. The van der Waals surface area contributed by atoms with Crippen molar-refractivity contribution in [2.75, 3.05) is 23.7 Å². The molecule has 122 valence electrons. The van der Waals surface area contributed by atoms with E-state index in [0.29, 0.717) is 40.5 Å². The molecule has 0 bridgehead atoms. The topological polar surface area (TPSA) is 77.2 Å². The summed E-state index contributed by atoms with van der Waals surface area (Å²) in [6, 6.07) is 5.13. The Labute approximate surface area is 144 Å². The van der Waals surface area contributed by atoms with Crippen LogP contribution in [0.5, 0.6) is 0 Å². The smallest absolute Gasteiger partial charge is 0.230 e. The lowest BCUT2D eigenvalue weighted by Gasteiger charge is -2.35. The fraction of sp³-hybridized carbons (Fsp3) is 0.400. The van der Waals surface area contributed by atoms with Gasteiger partial charge in [-0.2, -0.15) is 15.0 Å². The molecule has 2 heterocycles. The molecule has 2 unspecified atom stereocenters. The van der Waals surface area contributed by atoms with Crippen molar-refractivity contribution in [2.24, 2.45) is 0 Å². The molecule has 1 fully saturated rings. The second-order valence-corrected chi connectivity index (χ2v) is 6.45. The Bertz CT molecular complexity index is 717. The summed E-state index contributed by atoms with van der Waals surface area (Å²) in [6.45, 7) is 5.41. The van der Waals surface area contributed by atoms with Crippen LogP contribution in [-0.4, -0.2) is 40.2 Å². The quantitative estimate of drug-likeness (QED) is 0.893. The Kier molecular flexibility index (Phi) is 4.57. The van der Waals surface area contributed by atoms with E-state index in [1.165, 1.54) is 0 Å². The van der Waals surface area contributed by atoms with Crippen LogP contribution in [-0.2, 0) is 4.74 Å². The maximum absolute atomic E-state index is 6.23. The van der Waals surface area contributed by atoms with Gasteiger partial charge >= 0.3 is 0 Å². The number of anilines is 2. The van der Waals surface area contributed by atoms with Gasteiger partial charge in [0, 0.05) is 23.7 Å². The lowest BCUT2D eigenvalue weighted by molar-refractivity contribution is -0.00571. The van der Waals surface area contributed by atoms with Crippen molar-refractivity contribution in [1.29, 1.82) is 0 Å². The number of ether oxygens (including phenoxy) is 1. The van der Waals surface area contributed by atoms with Crippen molar-refractivity contribution in [3.8, 4) is 11.4 Å². The minimum atomic E-state index is 0.0925. The van der Waals surface area contributed by atoms with E-state index in [9.17, 15) is 0 Å². The molecule has 1 aromatic heterocycles. The van der Waals surface area contributed by atoms with E-state index in [4.69, 9.17) is 33.7 Å². The predicted molar refractivity (Wildman–Crippen MR) is 91.9 cm³/mol. The third-order valence-electron chi connectivity index (χ3n) is 3.51. The fourth-order valence-corrected chi connectivity index (χ4v) is 3.03. The van der Waals surface area contributed by atoms with Gasteiger partial charge in [0.05, 0.1) is 17.2 Å². The van der Waals surface area contributed by atoms with Crippen LogP contribution in [0.4, 0.5) is 11.9 Å². The SMILES string of the molecule is CC1CN(c2nc(N)nc(-c3cc(Cl)ccc3Cl)n2)CC(C)O1. The van der Waals surface area contributed by atoms with Crippen molar-refractivity contribution in [1.82, 2.24) is 15.0 Å². The molecule has 0 aliphatic carbocycles. The van der Waals surface area contributed by atoms with Crippen molar-refractivity contribution in [3.63, 3.8) is 0 Å². The molecular weight excluding hydrogens is 337 g/mol. The molecule has 6 nitrogen and oxygen atoms in total. The Hall–Kier alpha value is -1.63. The van der Waals surface area contributed by atoms with Gasteiger partial charge in [-0.3, -0.25) is 0 Å². The standard InChI is InChI=1S/C15H17Cl2N5O/c1-8-6-22(7-9(2)23-8)15-20-13(19-14(18)21-15)11-5-10(16)3-4-12(11)17/h3-5,8-9H,6-7H2,1-2H3,(H2,18,19,20,21). The van der Waals surface area contributed by atoms with E-state index < -0.39 is 0 Å². The lowest BCUT2D eigenvalue weighted by Crippen LogP contribution is -2.46. The minimum absolute atomic E-state index is 0.0925. The van der Waals surface area contributed by atoms with Crippen LogP contribution in [0.3, 0.4) is 0 Å². The van der Waals surface area contributed by atoms with E-state index in [-0.39, 0.29) is 18.2 Å². The molecule has 0 saturated carbocycles. The van der Waals surface area contributed by atoms with Crippen LogP contribution in [0.1, 0.15) is 13.8 Å². The number of rotatable bonds is 2. The van der Waals surface area contributed by atoms with Gasteiger partial charge in [0.1, 0.15) is 0 Å². The molecule has 2 atom stereocenters. The molecule has 3 rings (SSSR count). The van der Waals surface area contributed by atoms with E-state index in [1.54, 1.807) is 18.2 Å². The van der Waals surface area contributed by atoms with Crippen molar-refractivity contribution < 1.29 is 4.74 Å². The summed E-state index contributed by atoms with van der Waals surface area (Å²) in [5, 5.41) is 1.06. The molecular formula is C15H17Cl2N5O. The zero-order chi connectivity index (χ0) is 16.6. The van der Waals surface area contributed by atoms with Crippen LogP contribution >= 0.6 is 23.2 Å². The van der Waals surface area contributed by atoms with Gasteiger partial charge in [-0.25, -0.2) is 0 Å². The average Bonchev–Trinajstić information content (AvgIpc) is 2.48. The Morgan fingerprint density at radius 2 is 1.83 bits per heavy atom. The van der Waals surface area contributed by atoms with Crippen molar-refractivity contribution >= 4 is 35.1 Å². The van der Waals surface area contributed by atoms with Crippen molar-refractivity contribution in [3.05, 3.63) is 28.2 Å². The molecule has 0 radical (unpaired) electrons. The van der Waals surface area contributed by atoms with Gasteiger partial charge in [-0.05, 0) is 32.0 Å². The number of nitrogens with two attached hydrogens (primary N) is 1. The van der Waals surface area contributed by atoms with Crippen molar-refractivity contribution in [2.45, 2.75) is 26.1 Å². The third kappa shape index (κ3) is 3.65. The normalized spacial score (nSPS) is 21.5. The number of nitrogens with zero attached hydrogens (tertiary/aromatic N) is 4. The van der Waals surface area contributed by atoms with Crippen LogP contribution in [0.2, 0.25) is 10.0 Å². The van der Waals surface area contributed by atoms with Crippen LogP contribution in [0.15, 0.2) is 18.2 Å². The second kappa shape index (κ2) is 6.47. The van der Waals surface area contributed by atoms with Crippen LogP contribution in [0.25, 0.3) is 11.4 Å². The Balaban J connectivity index is 2.01. The number of nitrogen functional groups attached to an aromatic ring is 1. The maximum Gasteiger partial charge on any atom is 0.230 e. The molecule has 8 heteroatoms. The van der Waals surface area contributed by atoms with Crippen LogP contribution in [0, 0.1) is 0 Å². The summed E-state index contributed by atoms with van der Waals surface area (Å²) >= 11 is 12.3. The number of benzene rings is 1. The highest BCUT2D eigenvalue weighted by atomic mass is 35.5. The van der Waals surface area contributed by atoms with E-state index >= 15 is 0 Å². The van der Waals surface area contributed by atoms with E-state index in [0.717, 1.165) is 0 Å². The molecule has 1 aliphatic rings.